The molecule has 9 nitrogen and oxygen atoms in total. The van der Waals surface area contributed by atoms with E-state index in [9.17, 15) is 4.79 Å². The van der Waals surface area contributed by atoms with Crippen molar-refractivity contribution in [3.63, 3.8) is 0 Å². The second-order valence-electron chi connectivity index (χ2n) is 13.3. The molecule has 8 rings (SSSR count). The molecule has 228 valence electrons. The van der Waals surface area contributed by atoms with E-state index in [1.807, 2.05) is 17.0 Å². The second-order valence-corrected chi connectivity index (χ2v) is 13.3. The molecule has 3 N–H and O–H groups in total. The Morgan fingerprint density at radius 1 is 1.09 bits per heavy atom. The van der Waals surface area contributed by atoms with E-state index in [2.05, 4.69) is 64.5 Å². The maximum Gasteiger partial charge on any atom is 0.254 e. The monoisotopic (exact) mass is 591 g/mol. The van der Waals surface area contributed by atoms with Crippen molar-refractivity contribution in [1.82, 2.24) is 29.2 Å². The molecule has 1 saturated heterocycles. The fourth-order valence-corrected chi connectivity index (χ4v) is 8.01. The van der Waals surface area contributed by atoms with Crippen molar-refractivity contribution in [1.29, 1.82) is 0 Å². The van der Waals surface area contributed by atoms with E-state index in [0.717, 1.165) is 72.7 Å². The molecular weight excluding hydrogens is 550 g/mol. The molecule has 2 aliphatic carbocycles. The third-order valence-electron chi connectivity index (χ3n) is 10.6. The Hall–Kier alpha value is -4.11. The van der Waals surface area contributed by atoms with Gasteiger partial charge in [0.2, 0.25) is 0 Å². The van der Waals surface area contributed by atoms with E-state index in [1.165, 1.54) is 34.9 Å². The van der Waals surface area contributed by atoms with Gasteiger partial charge in [0.05, 0.1) is 29.5 Å². The van der Waals surface area contributed by atoms with E-state index in [-0.39, 0.29) is 18.0 Å². The number of hydrogen-bond acceptors (Lipinski definition) is 5. The number of methoxy groups -OCH3 is 1. The van der Waals surface area contributed by atoms with Gasteiger partial charge in [0.1, 0.15) is 11.3 Å². The van der Waals surface area contributed by atoms with Crippen molar-refractivity contribution in [3.05, 3.63) is 64.5 Å². The number of fused-ring (bicyclic) bond motifs is 4. The predicted octanol–water partition coefficient (Wildman–Crippen LogP) is 5.30. The molecule has 3 aliphatic rings. The third kappa shape index (κ3) is 4.27. The first-order valence-corrected chi connectivity index (χ1v) is 16.0. The zero-order valence-corrected chi connectivity index (χ0v) is 26.1. The van der Waals surface area contributed by atoms with Crippen molar-refractivity contribution in [2.24, 2.45) is 24.6 Å². The third-order valence-corrected chi connectivity index (χ3v) is 10.6. The van der Waals surface area contributed by atoms with Gasteiger partial charge in [-0.1, -0.05) is 18.2 Å². The van der Waals surface area contributed by atoms with Crippen LogP contribution in [0.4, 0.5) is 0 Å². The Balaban J connectivity index is 1.22. The highest BCUT2D eigenvalue weighted by Gasteiger charge is 2.47. The van der Waals surface area contributed by atoms with Gasteiger partial charge in [-0.15, -0.1) is 0 Å². The number of nitrogens with two attached hydrogens (primary N) is 1. The maximum atomic E-state index is 13.8. The number of rotatable bonds is 8. The van der Waals surface area contributed by atoms with Crippen LogP contribution in [0.2, 0.25) is 0 Å². The van der Waals surface area contributed by atoms with Crippen LogP contribution in [0.25, 0.3) is 33.5 Å². The van der Waals surface area contributed by atoms with Crippen LogP contribution >= 0.6 is 0 Å². The quantitative estimate of drug-likeness (QED) is 0.255. The van der Waals surface area contributed by atoms with Gasteiger partial charge >= 0.3 is 0 Å². The summed E-state index contributed by atoms with van der Waals surface area (Å²) in [6, 6.07) is 13.0. The molecule has 2 bridgehead atoms. The number of amides is 1. The van der Waals surface area contributed by atoms with Gasteiger partial charge in [-0.25, -0.2) is 4.98 Å². The van der Waals surface area contributed by atoms with Crippen molar-refractivity contribution < 1.29 is 9.53 Å². The van der Waals surface area contributed by atoms with E-state index >= 15 is 0 Å². The number of piperidine rings is 1. The van der Waals surface area contributed by atoms with E-state index in [4.69, 9.17) is 15.5 Å². The topological polar surface area (TPSA) is 107 Å². The molecule has 5 aromatic rings. The summed E-state index contributed by atoms with van der Waals surface area (Å²) in [5.74, 6) is 2.66. The molecule has 1 aliphatic heterocycles. The smallest absolute Gasteiger partial charge is 0.254 e. The first kappa shape index (κ1) is 27.4. The molecule has 2 saturated carbocycles. The molecule has 0 unspecified atom stereocenters. The summed E-state index contributed by atoms with van der Waals surface area (Å²) >= 11 is 0. The number of imidazole rings is 1. The molecular formula is C35H41N7O2. The number of aromatic amines is 1. The van der Waals surface area contributed by atoms with Crippen LogP contribution < -0.4 is 10.5 Å². The zero-order chi connectivity index (χ0) is 30.3. The fourth-order valence-electron chi connectivity index (χ4n) is 8.01. The lowest BCUT2D eigenvalue weighted by molar-refractivity contribution is 0.0700. The van der Waals surface area contributed by atoms with Gasteiger partial charge < -0.3 is 24.5 Å². The Labute approximate surface area is 257 Å². The van der Waals surface area contributed by atoms with Gasteiger partial charge in [-0.3, -0.25) is 9.89 Å². The van der Waals surface area contributed by atoms with Gasteiger partial charge in [0.25, 0.3) is 5.91 Å². The zero-order valence-electron chi connectivity index (χ0n) is 26.1. The van der Waals surface area contributed by atoms with Crippen LogP contribution in [0.15, 0.2) is 36.4 Å². The number of carbonyl (C=O) groups excluding carboxylic acids is 1. The molecule has 0 spiro atoms. The van der Waals surface area contributed by atoms with Crippen LogP contribution in [0, 0.1) is 25.7 Å². The lowest BCUT2D eigenvalue weighted by atomic mass is 10.0. The second kappa shape index (κ2) is 10.2. The average molecular weight is 592 g/mol. The first-order chi connectivity index (χ1) is 21.3. The number of nitrogens with zero attached hydrogens (tertiary/aromatic N) is 5. The Bertz CT molecular complexity index is 1910. The highest BCUT2D eigenvalue weighted by molar-refractivity contribution is 6.00. The number of hydrogen-bond donors (Lipinski definition) is 2. The van der Waals surface area contributed by atoms with Gasteiger partial charge in [0, 0.05) is 48.9 Å². The normalized spacial score (nSPS) is 21.3. The van der Waals surface area contributed by atoms with E-state index in [0.29, 0.717) is 23.1 Å². The molecule has 3 atom stereocenters. The van der Waals surface area contributed by atoms with Crippen molar-refractivity contribution in [3.8, 4) is 17.3 Å². The molecule has 4 heterocycles. The van der Waals surface area contributed by atoms with Crippen LogP contribution in [-0.4, -0.2) is 60.9 Å². The summed E-state index contributed by atoms with van der Waals surface area (Å²) in [5, 5.41) is 8.79. The summed E-state index contributed by atoms with van der Waals surface area (Å²) in [6.07, 6.45) is 6.51. The summed E-state index contributed by atoms with van der Waals surface area (Å²) < 4.78 is 10.5. The number of nitrogens with one attached hydrogen (secondary N) is 1. The summed E-state index contributed by atoms with van der Waals surface area (Å²) in [7, 11) is 3.72. The molecule has 9 heteroatoms. The standard InChI is InChI=1S/C35H41N7O2/c1-19-26(20(2)39-38-19)12-10-22-6-5-7-23-15-29(41(32(22)23)17-21-8-9-21)34-37-27-14-25(16-30(44-4)33(27)40(34)3)35(43)42-18-24-11-13-28(42)31(24)36/h5-7,14-16,21,24,28,31H,8-13,17-18,36H2,1-4H3,(H,38,39)/t24-,28-,31-/m1/s1. The lowest BCUT2D eigenvalue weighted by Crippen LogP contribution is -2.41. The van der Waals surface area contributed by atoms with Crippen LogP contribution in [0.5, 0.6) is 5.75 Å². The molecule has 44 heavy (non-hydrogen) atoms. The van der Waals surface area contributed by atoms with Crippen molar-refractivity contribution in [2.45, 2.75) is 71.0 Å². The van der Waals surface area contributed by atoms with Gasteiger partial charge in [-0.2, -0.15) is 5.10 Å². The summed E-state index contributed by atoms with van der Waals surface area (Å²) in [6.45, 7) is 5.90. The lowest BCUT2D eigenvalue weighted by Gasteiger charge is -2.27. The van der Waals surface area contributed by atoms with E-state index < -0.39 is 0 Å². The Kier molecular flexibility index (Phi) is 6.38. The Morgan fingerprint density at radius 3 is 2.61 bits per heavy atom. The SMILES string of the molecule is COc1cc(C(=O)N2C[C@H]3CC[C@@H]2[C@@H]3N)cc2nc(-c3cc4cccc(CCc5c(C)n[nH]c5C)c4n3CC3CC3)n(C)c12. The number of carbonyl (C=O) groups is 1. The number of H-pyrrole nitrogens is 1. The summed E-state index contributed by atoms with van der Waals surface area (Å²) in [4.78, 5) is 20.9. The predicted molar refractivity (Wildman–Crippen MR) is 172 cm³/mol. The minimum Gasteiger partial charge on any atom is -0.494 e. The van der Waals surface area contributed by atoms with E-state index in [1.54, 1.807) is 7.11 Å². The van der Waals surface area contributed by atoms with Crippen molar-refractivity contribution in [2.75, 3.05) is 13.7 Å². The van der Waals surface area contributed by atoms with Crippen LogP contribution in [0.3, 0.4) is 0 Å². The fraction of sp³-hybridized carbons (Fsp3) is 0.457. The number of ether oxygens (including phenoxy) is 1. The highest BCUT2D eigenvalue weighted by Crippen LogP contribution is 2.41. The van der Waals surface area contributed by atoms with Crippen LogP contribution in [0.1, 0.15) is 58.6 Å². The van der Waals surface area contributed by atoms with Crippen molar-refractivity contribution >= 4 is 27.8 Å². The Morgan fingerprint density at radius 2 is 1.93 bits per heavy atom. The maximum absolute atomic E-state index is 13.8. The number of benzene rings is 2. The largest absolute Gasteiger partial charge is 0.494 e. The molecule has 2 aromatic carbocycles. The number of likely N-dealkylation sites (tertiary alicyclic amines) is 1. The molecule has 1 amide bonds. The van der Waals surface area contributed by atoms with Crippen LogP contribution in [-0.2, 0) is 26.4 Å². The molecule has 3 fully saturated rings. The van der Waals surface area contributed by atoms with Gasteiger partial charge in [0.15, 0.2) is 5.82 Å². The number of aromatic nitrogens is 5. The number of para-hydroxylation sites is 1. The minimum absolute atomic E-state index is 0.0237. The number of aryl methyl sites for hydroxylation is 4. The first-order valence-electron chi connectivity index (χ1n) is 16.0. The summed E-state index contributed by atoms with van der Waals surface area (Å²) in [5.41, 5.74) is 16.0. The molecule has 0 radical (unpaired) electrons. The van der Waals surface area contributed by atoms with Gasteiger partial charge in [-0.05, 0) is 93.5 Å². The average Bonchev–Trinajstić information content (AvgIpc) is 3.21. The highest BCUT2D eigenvalue weighted by atomic mass is 16.5. The molecule has 3 aromatic heterocycles. The minimum atomic E-state index is 0.0237.